The summed E-state index contributed by atoms with van der Waals surface area (Å²) in [6.07, 6.45) is 5.10. The van der Waals surface area contributed by atoms with Crippen molar-refractivity contribution in [2.24, 2.45) is 0 Å². The van der Waals surface area contributed by atoms with Gasteiger partial charge in [0.05, 0.1) is 10.8 Å². The molecule has 2 unspecified atom stereocenters. The summed E-state index contributed by atoms with van der Waals surface area (Å²) in [6, 6.07) is 0.313. The zero-order valence-corrected chi connectivity index (χ0v) is 11.4. The predicted molar refractivity (Wildman–Crippen MR) is 68.7 cm³/mol. The van der Waals surface area contributed by atoms with Crippen molar-refractivity contribution < 1.29 is 4.21 Å². The van der Waals surface area contributed by atoms with Crippen LogP contribution in [0.5, 0.6) is 0 Å². The summed E-state index contributed by atoms with van der Waals surface area (Å²) in [5.74, 6) is 0.569. The maximum atomic E-state index is 12.1. The minimum Gasteiger partial charge on any atom is -0.313 e. The molecule has 1 aliphatic heterocycles. The molecule has 0 amide bonds. The first-order valence-corrected chi connectivity index (χ1v) is 7.47. The second kappa shape index (κ2) is 5.89. The van der Waals surface area contributed by atoms with E-state index in [9.17, 15) is 4.21 Å². The largest absolute Gasteiger partial charge is 0.313 e. The molecule has 2 heterocycles. The van der Waals surface area contributed by atoms with E-state index in [1.807, 2.05) is 6.92 Å². The van der Waals surface area contributed by atoms with Crippen molar-refractivity contribution in [3.05, 3.63) is 16.9 Å². The fourth-order valence-corrected chi connectivity index (χ4v) is 3.18. The number of hydrogen-bond acceptors (Lipinski definition) is 4. The fraction of sp³-hybridized carbons (Fsp3) is 0.636. The number of halogens is 1. The average molecular weight is 274 g/mol. The summed E-state index contributed by atoms with van der Waals surface area (Å²) in [5.41, 5.74) is 0.809. The van der Waals surface area contributed by atoms with Gasteiger partial charge in [-0.05, 0) is 26.3 Å². The molecule has 1 N–H and O–H groups in total. The minimum absolute atomic E-state index is 0.313. The molecular weight excluding hydrogens is 258 g/mol. The number of hydrogen-bond donors (Lipinski definition) is 1. The molecule has 6 heteroatoms. The lowest BCUT2D eigenvalue weighted by molar-refractivity contribution is 0.427. The maximum Gasteiger partial charge on any atom is 0.219 e. The number of nitrogens with zero attached hydrogens (tertiary/aromatic N) is 2. The third-order valence-electron chi connectivity index (χ3n) is 2.86. The van der Waals surface area contributed by atoms with E-state index in [0.717, 1.165) is 18.5 Å². The van der Waals surface area contributed by atoms with Gasteiger partial charge in [0.15, 0.2) is 0 Å². The van der Waals surface area contributed by atoms with Crippen molar-refractivity contribution in [2.45, 2.75) is 37.4 Å². The van der Waals surface area contributed by atoms with Crippen LogP contribution in [0.3, 0.4) is 0 Å². The fourth-order valence-electron chi connectivity index (χ4n) is 1.84. The predicted octanol–water partition coefficient (Wildman–Crippen LogP) is 1.69. The van der Waals surface area contributed by atoms with E-state index in [-0.39, 0.29) is 0 Å². The Morgan fingerprint density at radius 3 is 3.06 bits per heavy atom. The zero-order chi connectivity index (χ0) is 12.3. The molecular formula is C11H16ClN3OS. The Balaban J connectivity index is 2.01. The molecule has 0 aliphatic carbocycles. The maximum absolute atomic E-state index is 12.1. The SMILES string of the molecule is Cc1cnc(S(=O)CC2CCCCN2)nc1Cl. The summed E-state index contributed by atoms with van der Waals surface area (Å²) >= 11 is 5.90. The van der Waals surface area contributed by atoms with Crippen LogP contribution in [0.4, 0.5) is 0 Å². The van der Waals surface area contributed by atoms with E-state index in [0.29, 0.717) is 22.1 Å². The van der Waals surface area contributed by atoms with Crippen molar-refractivity contribution in [1.82, 2.24) is 15.3 Å². The quantitative estimate of drug-likeness (QED) is 0.673. The Labute approximate surface area is 109 Å². The number of aromatic nitrogens is 2. The normalized spacial score (nSPS) is 22.4. The average Bonchev–Trinajstić information content (AvgIpc) is 2.34. The molecule has 2 rings (SSSR count). The van der Waals surface area contributed by atoms with Gasteiger partial charge >= 0.3 is 0 Å². The third kappa shape index (κ3) is 3.47. The topological polar surface area (TPSA) is 54.9 Å². The highest BCUT2D eigenvalue weighted by Crippen LogP contribution is 2.14. The molecule has 0 radical (unpaired) electrons. The molecule has 17 heavy (non-hydrogen) atoms. The highest BCUT2D eigenvalue weighted by Gasteiger charge is 2.18. The van der Waals surface area contributed by atoms with Crippen LogP contribution >= 0.6 is 11.6 Å². The standard InChI is InChI=1S/C11H16ClN3OS/c1-8-6-14-11(15-10(8)12)17(16)7-9-4-2-3-5-13-9/h6,9,13H,2-5,7H2,1H3. The van der Waals surface area contributed by atoms with E-state index in [2.05, 4.69) is 15.3 Å². The van der Waals surface area contributed by atoms with Gasteiger partial charge in [-0.1, -0.05) is 18.0 Å². The molecule has 1 saturated heterocycles. The van der Waals surface area contributed by atoms with Crippen LogP contribution in [0.2, 0.25) is 5.15 Å². The van der Waals surface area contributed by atoms with E-state index in [1.165, 1.54) is 12.8 Å². The molecule has 1 aliphatic rings. The molecule has 2 atom stereocenters. The van der Waals surface area contributed by atoms with Crippen molar-refractivity contribution >= 4 is 22.4 Å². The molecule has 1 fully saturated rings. The van der Waals surface area contributed by atoms with Gasteiger partial charge in [0.1, 0.15) is 5.15 Å². The number of nitrogens with one attached hydrogen (secondary N) is 1. The molecule has 0 saturated carbocycles. The van der Waals surface area contributed by atoms with Crippen molar-refractivity contribution in [3.8, 4) is 0 Å². The molecule has 1 aromatic heterocycles. The van der Waals surface area contributed by atoms with Crippen LogP contribution in [-0.2, 0) is 10.8 Å². The van der Waals surface area contributed by atoms with Crippen LogP contribution in [0.15, 0.2) is 11.4 Å². The Kier molecular flexibility index (Phi) is 4.48. The smallest absolute Gasteiger partial charge is 0.219 e. The third-order valence-corrected chi connectivity index (χ3v) is 4.55. The van der Waals surface area contributed by atoms with Gasteiger partial charge < -0.3 is 5.32 Å². The zero-order valence-electron chi connectivity index (χ0n) is 9.78. The Hall–Kier alpha value is -0.520. The van der Waals surface area contributed by atoms with Gasteiger partial charge in [-0.3, -0.25) is 4.21 Å². The highest BCUT2D eigenvalue weighted by molar-refractivity contribution is 7.84. The van der Waals surface area contributed by atoms with Crippen LogP contribution in [0.25, 0.3) is 0 Å². The first-order valence-electron chi connectivity index (χ1n) is 5.77. The molecule has 4 nitrogen and oxygen atoms in total. The summed E-state index contributed by atoms with van der Waals surface area (Å²) in [4.78, 5) is 8.15. The lowest BCUT2D eigenvalue weighted by Crippen LogP contribution is -2.38. The second-order valence-electron chi connectivity index (χ2n) is 4.29. The Bertz CT molecular complexity index is 421. The summed E-state index contributed by atoms with van der Waals surface area (Å²) in [5, 5.41) is 4.09. The van der Waals surface area contributed by atoms with Crippen LogP contribution in [-0.4, -0.2) is 32.5 Å². The lowest BCUT2D eigenvalue weighted by Gasteiger charge is -2.22. The lowest BCUT2D eigenvalue weighted by atomic mass is 10.1. The van der Waals surface area contributed by atoms with Crippen LogP contribution in [0, 0.1) is 6.92 Å². The highest BCUT2D eigenvalue weighted by atomic mass is 35.5. The van der Waals surface area contributed by atoms with Gasteiger partial charge in [-0.2, -0.15) is 0 Å². The van der Waals surface area contributed by atoms with Crippen molar-refractivity contribution in [1.29, 1.82) is 0 Å². The summed E-state index contributed by atoms with van der Waals surface area (Å²) in [7, 11) is -1.17. The Morgan fingerprint density at radius 2 is 2.41 bits per heavy atom. The van der Waals surface area contributed by atoms with Gasteiger partial charge in [0, 0.05) is 23.6 Å². The monoisotopic (exact) mass is 273 g/mol. The minimum atomic E-state index is -1.17. The van der Waals surface area contributed by atoms with Gasteiger partial charge in [0.2, 0.25) is 5.16 Å². The summed E-state index contributed by atoms with van der Waals surface area (Å²) in [6.45, 7) is 2.84. The van der Waals surface area contributed by atoms with Crippen molar-refractivity contribution in [3.63, 3.8) is 0 Å². The molecule has 0 aromatic carbocycles. The molecule has 0 bridgehead atoms. The van der Waals surface area contributed by atoms with E-state index >= 15 is 0 Å². The molecule has 94 valence electrons. The second-order valence-corrected chi connectivity index (χ2v) is 6.03. The van der Waals surface area contributed by atoms with Crippen LogP contribution in [0.1, 0.15) is 24.8 Å². The number of aryl methyl sites for hydroxylation is 1. The number of piperidine rings is 1. The van der Waals surface area contributed by atoms with Crippen LogP contribution < -0.4 is 5.32 Å². The van der Waals surface area contributed by atoms with E-state index < -0.39 is 10.8 Å². The number of rotatable bonds is 3. The van der Waals surface area contributed by atoms with E-state index in [4.69, 9.17) is 11.6 Å². The Morgan fingerprint density at radius 1 is 1.59 bits per heavy atom. The first-order chi connectivity index (χ1) is 8.16. The van der Waals surface area contributed by atoms with Gasteiger partial charge in [-0.15, -0.1) is 0 Å². The molecule has 1 aromatic rings. The molecule has 0 spiro atoms. The first kappa shape index (κ1) is 12.9. The summed E-state index contributed by atoms with van der Waals surface area (Å²) < 4.78 is 12.1. The van der Waals surface area contributed by atoms with E-state index in [1.54, 1.807) is 6.20 Å². The van der Waals surface area contributed by atoms with Gasteiger partial charge in [-0.25, -0.2) is 9.97 Å². The van der Waals surface area contributed by atoms with Crippen molar-refractivity contribution in [2.75, 3.05) is 12.3 Å². The van der Waals surface area contributed by atoms with Gasteiger partial charge in [0.25, 0.3) is 0 Å².